The van der Waals surface area contributed by atoms with E-state index in [1.807, 2.05) is 6.92 Å². The van der Waals surface area contributed by atoms with Gasteiger partial charge in [-0.05, 0) is 85.0 Å². The number of alkyl carbamates (subject to hydrolysis) is 1. The number of likely N-dealkylation sites (N-methyl/N-ethyl adjacent to an activating group) is 1. The first kappa shape index (κ1) is 36.8. The summed E-state index contributed by atoms with van der Waals surface area (Å²) >= 11 is 0. The second-order valence-electron chi connectivity index (χ2n) is 13.2. The molecule has 0 aliphatic heterocycles. The third kappa shape index (κ3) is 12.7. The summed E-state index contributed by atoms with van der Waals surface area (Å²) in [5.41, 5.74) is -1.22. The third-order valence-electron chi connectivity index (χ3n) is 7.99. The van der Waals surface area contributed by atoms with Crippen LogP contribution in [0.4, 0.5) is 4.79 Å². The predicted octanol–water partition coefficient (Wildman–Crippen LogP) is 3.32. The molecule has 0 aromatic heterocycles. The van der Waals surface area contributed by atoms with Crippen LogP contribution < -0.4 is 16.0 Å². The van der Waals surface area contributed by atoms with E-state index in [4.69, 9.17) is 9.47 Å². The van der Waals surface area contributed by atoms with Gasteiger partial charge in [0.25, 0.3) is 5.91 Å². The lowest BCUT2D eigenvalue weighted by atomic mass is 9.83. The largest absolute Gasteiger partial charge is 0.459 e. The molecular formula is C32H52N4O8. The highest BCUT2D eigenvalue weighted by atomic mass is 16.6. The highest BCUT2D eigenvalue weighted by Gasteiger charge is 2.36. The van der Waals surface area contributed by atoms with E-state index in [0.29, 0.717) is 6.42 Å². The van der Waals surface area contributed by atoms with E-state index < -0.39 is 58.9 Å². The average molecular weight is 621 g/mol. The number of esters is 1. The molecular weight excluding hydrogens is 568 g/mol. The van der Waals surface area contributed by atoms with Crippen LogP contribution in [0.2, 0.25) is 0 Å². The number of amides is 4. The van der Waals surface area contributed by atoms with Crippen LogP contribution in [-0.2, 0) is 33.4 Å². The molecule has 248 valence electrons. The van der Waals surface area contributed by atoms with Crippen LogP contribution >= 0.6 is 0 Å². The second kappa shape index (κ2) is 17.2. The van der Waals surface area contributed by atoms with Crippen molar-refractivity contribution in [2.75, 3.05) is 20.1 Å². The van der Waals surface area contributed by atoms with E-state index in [1.165, 1.54) is 11.9 Å². The maximum absolute atomic E-state index is 13.5. The number of ether oxygens (including phenoxy) is 2. The molecule has 0 aromatic carbocycles. The van der Waals surface area contributed by atoms with Crippen molar-refractivity contribution in [3.05, 3.63) is 12.7 Å². The molecule has 3 N–H and O–H groups in total. The second-order valence-corrected chi connectivity index (χ2v) is 13.2. The quantitative estimate of drug-likeness (QED) is 0.143. The van der Waals surface area contributed by atoms with Gasteiger partial charge in [0.15, 0.2) is 0 Å². The fourth-order valence-corrected chi connectivity index (χ4v) is 5.68. The van der Waals surface area contributed by atoms with Gasteiger partial charge in [0.2, 0.25) is 17.6 Å². The summed E-state index contributed by atoms with van der Waals surface area (Å²) in [5.74, 6) is -3.41. The van der Waals surface area contributed by atoms with Crippen molar-refractivity contribution in [3.63, 3.8) is 0 Å². The van der Waals surface area contributed by atoms with Gasteiger partial charge in [0.1, 0.15) is 17.2 Å². The number of nitrogens with one attached hydrogen (secondary N) is 3. The summed E-state index contributed by atoms with van der Waals surface area (Å²) in [6, 6.07) is -2.02. The lowest BCUT2D eigenvalue weighted by Crippen LogP contribution is -2.55. The predicted molar refractivity (Wildman–Crippen MR) is 164 cm³/mol. The highest BCUT2D eigenvalue weighted by molar-refractivity contribution is 6.38. The van der Waals surface area contributed by atoms with Crippen LogP contribution in [0.1, 0.15) is 105 Å². The normalized spacial score (nSPS) is 17.8. The number of rotatable bonds is 15. The Balaban J connectivity index is 1.96. The van der Waals surface area contributed by atoms with Gasteiger partial charge in [-0.15, -0.1) is 6.58 Å². The molecule has 0 bridgehead atoms. The lowest BCUT2D eigenvalue weighted by Gasteiger charge is -2.33. The van der Waals surface area contributed by atoms with Crippen molar-refractivity contribution < 1.29 is 38.2 Å². The Kier molecular flexibility index (Phi) is 14.3. The number of Topliss-reactive ketones (excluding diaryl/α,β-unsaturated/α-hetero) is 1. The zero-order valence-electron chi connectivity index (χ0n) is 27.1. The minimum absolute atomic E-state index is 0.0773. The molecule has 0 aromatic rings. The SMILES string of the molecule is C=CCCC(NC(=O)CN(C)C(=O)[C@@H](NC(=O)OC(C)(C)C)C1CCCCC1)C(=O)C(=O)NCCC(=O)OC1(C)CCCC1. The Labute approximate surface area is 261 Å². The van der Waals surface area contributed by atoms with Crippen LogP contribution in [0.5, 0.6) is 0 Å². The van der Waals surface area contributed by atoms with Crippen LogP contribution in [0.25, 0.3) is 0 Å². The molecule has 0 radical (unpaired) electrons. The molecule has 2 saturated carbocycles. The van der Waals surface area contributed by atoms with Crippen LogP contribution in [-0.4, -0.2) is 83.9 Å². The molecule has 4 amide bonds. The fourth-order valence-electron chi connectivity index (χ4n) is 5.68. The maximum Gasteiger partial charge on any atom is 0.408 e. The topological polar surface area (TPSA) is 160 Å². The molecule has 12 heteroatoms. The van der Waals surface area contributed by atoms with Crippen molar-refractivity contribution in [1.29, 1.82) is 0 Å². The summed E-state index contributed by atoms with van der Waals surface area (Å²) in [4.78, 5) is 78.0. The molecule has 2 aliphatic rings. The Morgan fingerprint density at radius 2 is 1.64 bits per heavy atom. The number of carbonyl (C=O) groups excluding carboxylic acids is 6. The first-order valence-corrected chi connectivity index (χ1v) is 15.8. The molecule has 0 heterocycles. The summed E-state index contributed by atoms with van der Waals surface area (Å²) in [7, 11) is 1.45. The Morgan fingerprint density at radius 1 is 1.00 bits per heavy atom. The van der Waals surface area contributed by atoms with Crippen LogP contribution in [0.3, 0.4) is 0 Å². The zero-order chi connectivity index (χ0) is 32.9. The van der Waals surface area contributed by atoms with Crippen molar-refractivity contribution in [2.24, 2.45) is 5.92 Å². The van der Waals surface area contributed by atoms with E-state index in [2.05, 4.69) is 22.5 Å². The molecule has 2 rings (SSSR count). The highest BCUT2D eigenvalue weighted by Crippen LogP contribution is 2.32. The molecule has 44 heavy (non-hydrogen) atoms. The molecule has 2 fully saturated rings. The van der Waals surface area contributed by atoms with E-state index >= 15 is 0 Å². The number of hydrogen-bond acceptors (Lipinski definition) is 8. The Morgan fingerprint density at radius 3 is 2.23 bits per heavy atom. The number of nitrogens with zero attached hydrogens (tertiary/aromatic N) is 1. The number of hydrogen-bond donors (Lipinski definition) is 3. The summed E-state index contributed by atoms with van der Waals surface area (Å²) in [5, 5.41) is 7.72. The lowest BCUT2D eigenvalue weighted by molar-refractivity contribution is -0.157. The van der Waals surface area contributed by atoms with Gasteiger partial charge in [-0.2, -0.15) is 0 Å². The number of carbonyl (C=O) groups is 6. The molecule has 1 unspecified atom stereocenters. The molecule has 12 nitrogen and oxygen atoms in total. The summed E-state index contributed by atoms with van der Waals surface area (Å²) in [6.45, 7) is 10.3. The first-order chi connectivity index (χ1) is 20.6. The standard InChI is InChI=1S/C32H52N4O8/c1-7-8-16-23(27(39)28(40)33-20-17-25(38)43-32(5)18-12-13-19-32)34-24(37)21-36(6)29(41)26(22-14-10-9-11-15-22)35-30(42)44-31(2,3)4/h7,22-23,26H,1,8-21H2,2-6H3,(H,33,40)(H,34,37)(H,35,42)/t23?,26-/m0/s1. The van der Waals surface area contributed by atoms with Crippen molar-refractivity contribution in [1.82, 2.24) is 20.9 Å². The van der Waals surface area contributed by atoms with E-state index in [1.54, 1.807) is 26.8 Å². The molecule has 2 aliphatic carbocycles. The summed E-state index contributed by atoms with van der Waals surface area (Å²) in [6.07, 6.45) is 9.32. The summed E-state index contributed by atoms with van der Waals surface area (Å²) < 4.78 is 10.9. The monoisotopic (exact) mass is 620 g/mol. The Bertz CT molecular complexity index is 1040. The number of ketones is 1. The van der Waals surface area contributed by atoms with Gasteiger partial charge in [0, 0.05) is 13.6 Å². The minimum Gasteiger partial charge on any atom is -0.459 e. The van der Waals surface area contributed by atoms with Crippen molar-refractivity contribution in [2.45, 2.75) is 128 Å². The van der Waals surface area contributed by atoms with Crippen LogP contribution in [0.15, 0.2) is 12.7 Å². The minimum atomic E-state index is -1.15. The van der Waals surface area contributed by atoms with Gasteiger partial charge in [-0.1, -0.05) is 25.3 Å². The molecule has 0 saturated heterocycles. The van der Waals surface area contributed by atoms with Crippen molar-refractivity contribution in [3.8, 4) is 0 Å². The van der Waals surface area contributed by atoms with Crippen molar-refractivity contribution >= 4 is 35.6 Å². The zero-order valence-corrected chi connectivity index (χ0v) is 27.1. The van der Waals surface area contributed by atoms with Gasteiger partial charge < -0.3 is 30.3 Å². The first-order valence-electron chi connectivity index (χ1n) is 15.8. The molecule has 0 spiro atoms. The number of allylic oxidation sites excluding steroid dienone is 1. The maximum atomic E-state index is 13.5. The fraction of sp³-hybridized carbons (Fsp3) is 0.750. The third-order valence-corrected chi connectivity index (χ3v) is 7.99. The van der Waals surface area contributed by atoms with Gasteiger partial charge >= 0.3 is 12.1 Å². The van der Waals surface area contributed by atoms with Crippen LogP contribution in [0, 0.1) is 5.92 Å². The smallest absolute Gasteiger partial charge is 0.408 e. The molecule has 2 atom stereocenters. The van der Waals surface area contributed by atoms with E-state index in [0.717, 1.165) is 57.8 Å². The van der Waals surface area contributed by atoms with Gasteiger partial charge in [-0.25, -0.2) is 4.79 Å². The van der Waals surface area contributed by atoms with Gasteiger partial charge in [-0.3, -0.25) is 24.0 Å². The van der Waals surface area contributed by atoms with E-state index in [-0.39, 0.29) is 31.8 Å². The Hall–Kier alpha value is -3.44. The van der Waals surface area contributed by atoms with E-state index in [9.17, 15) is 28.8 Å². The average Bonchev–Trinajstić information content (AvgIpc) is 3.37. The van der Waals surface area contributed by atoms with Gasteiger partial charge in [0.05, 0.1) is 19.0 Å².